The van der Waals surface area contributed by atoms with Crippen molar-refractivity contribution in [3.8, 4) is 0 Å². The van der Waals surface area contributed by atoms with Gasteiger partial charge in [0.15, 0.2) is 6.61 Å². The Labute approximate surface area is 100 Å². The number of rotatable bonds is 4. The van der Waals surface area contributed by atoms with Crippen molar-refractivity contribution >= 4 is 23.2 Å². The van der Waals surface area contributed by atoms with Crippen LogP contribution in [-0.2, 0) is 11.4 Å². The fraction of sp³-hybridized carbons (Fsp3) is 0.333. The first-order chi connectivity index (χ1) is 7.37. The molecule has 7 heteroatoms. The van der Waals surface area contributed by atoms with Gasteiger partial charge in [0.1, 0.15) is 0 Å². The van der Waals surface area contributed by atoms with Gasteiger partial charge in [0, 0.05) is 16.6 Å². The van der Waals surface area contributed by atoms with Crippen molar-refractivity contribution in [1.82, 2.24) is 5.48 Å². The van der Waals surface area contributed by atoms with Crippen molar-refractivity contribution in [2.45, 2.75) is 12.7 Å². The van der Waals surface area contributed by atoms with Crippen molar-refractivity contribution in [2.75, 3.05) is 6.61 Å². The molecule has 0 aliphatic carbocycles. The molecule has 0 saturated carbocycles. The fourth-order valence-corrected chi connectivity index (χ4v) is 1.55. The number of hydrogen-bond acceptors (Lipinski definition) is 2. The Bertz CT molecular complexity index is 337. The van der Waals surface area contributed by atoms with E-state index in [9.17, 15) is 13.2 Å². The molecule has 0 atom stereocenters. The van der Waals surface area contributed by atoms with Crippen LogP contribution in [0.5, 0.6) is 0 Å². The van der Waals surface area contributed by atoms with Crippen LogP contribution in [-0.4, -0.2) is 12.8 Å². The molecular formula is C9H8Cl2F3NO. The molecule has 0 saturated heterocycles. The normalized spacial score (nSPS) is 11.8. The van der Waals surface area contributed by atoms with E-state index < -0.39 is 12.8 Å². The van der Waals surface area contributed by atoms with Gasteiger partial charge in [-0.05, 0) is 23.8 Å². The molecular weight excluding hydrogens is 266 g/mol. The van der Waals surface area contributed by atoms with Gasteiger partial charge in [-0.3, -0.25) is 4.84 Å². The summed E-state index contributed by atoms with van der Waals surface area (Å²) < 4.78 is 35.1. The summed E-state index contributed by atoms with van der Waals surface area (Å²) in [5.74, 6) is 0. The number of hydroxylamine groups is 1. The molecule has 0 aliphatic heterocycles. The van der Waals surface area contributed by atoms with Gasteiger partial charge >= 0.3 is 6.18 Å². The SMILES string of the molecule is FC(F)(F)CONCc1cc(Cl)cc(Cl)c1. The van der Waals surface area contributed by atoms with Gasteiger partial charge in [-0.25, -0.2) is 0 Å². The van der Waals surface area contributed by atoms with E-state index in [-0.39, 0.29) is 6.54 Å². The quantitative estimate of drug-likeness (QED) is 0.669. The third kappa shape index (κ3) is 5.55. The second-order valence-corrected chi connectivity index (χ2v) is 3.88. The monoisotopic (exact) mass is 273 g/mol. The molecule has 1 aromatic rings. The Kier molecular flexibility index (Phi) is 4.86. The van der Waals surface area contributed by atoms with Crippen LogP contribution in [0.2, 0.25) is 10.0 Å². The molecule has 0 spiro atoms. The number of benzene rings is 1. The molecule has 90 valence electrons. The molecule has 0 aliphatic rings. The van der Waals surface area contributed by atoms with Gasteiger partial charge in [0.25, 0.3) is 0 Å². The lowest BCUT2D eigenvalue weighted by Crippen LogP contribution is -2.24. The maximum Gasteiger partial charge on any atom is 0.413 e. The van der Waals surface area contributed by atoms with Gasteiger partial charge in [-0.2, -0.15) is 18.7 Å². The highest BCUT2D eigenvalue weighted by Crippen LogP contribution is 2.19. The summed E-state index contributed by atoms with van der Waals surface area (Å²) in [5, 5.41) is 0.834. The number of nitrogens with one attached hydrogen (secondary N) is 1. The Balaban J connectivity index is 2.37. The summed E-state index contributed by atoms with van der Waals surface area (Å²) in [6.45, 7) is -1.25. The molecule has 2 nitrogen and oxygen atoms in total. The first kappa shape index (κ1) is 13.6. The van der Waals surface area contributed by atoms with Crippen LogP contribution in [0, 0.1) is 0 Å². The highest BCUT2D eigenvalue weighted by Gasteiger charge is 2.27. The average molecular weight is 274 g/mol. The van der Waals surface area contributed by atoms with Gasteiger partial charge in [0.2, 0.25) is 0 Å². The molecule has 1 rings (SSSR count). The van der Waals surface area contributed by atoms with Crippen molar-refractivity contribution in [1.29, 1.82) is 0 Å². The number of alkyl halides is 3. The molecule has 16 heavy (non-hydrogen) atoms. The summed E-state index contributed by atoms with van der Waals surface area (Å²) >= 11 is 11.4. The maximum absolute atomic E-state index is 11.7. The Hall–Kier alpha value is -0.490. The van der Waals surface area contributed by atoms with E-state index in [0.29, 0.717) is 15.6 Å². The first-order valence-electron chi connectivity index (χ1n) is 4.23. The van der Waals surface area contributed by atoms with Crippen molar-refractivity contribution in [2.24, 2.45) is 0 Å². The van der Waals surface area contributed by atoms with E-state index in [0.717, 1.165) is 0 Å². The summed E-state index contributed by atoms with van der Waals surface area (Å²) in [4.78, 5) is 4.22. The molecule has 0 radical (unpaired) electrons. The maximum atomic E-state index is 11.7. The highest BCUT2D eigenvalue weighted by atomic mass is 35.5. The van der Waals surface area contributed by atoms with E-state index in [4.69, 9.17) is 23.2 Å². The van der Waals surface area contributed by atoms with Gasteiger partial charge in [-0.15, -0.1) is 0 Å². The summed E-state index contributed by atoms with van der Waals surface area (Å²) in [7, 11) is 0. The summed E-state index contributed by atoms with van der Waals surface area (Å²) in [5.41, 5.74) is 2.81. The van der Waals surface area contributed by atoms with Crippen LogP contribution < -0.4 is 5.48 Å². The third-order valence-corrected chi connectivity index (χ3v) is 1.97. The second-order valence-electron chi connectivity index (χ2n) is 3.00. The van der Waals surface area contributed by atoms with E-state index in [1.807, 2.05) is 0 Å². The molecule has 1 N–H and O–H groups in total. The largest absolute Gasteiger partial charge is 0.413 e. The lowest BCUT2D eigenvalue weighted by molar-refractivity contribution is -0.190. The third-order valence-electron chi connectivity index (χ3n) is 1.54. The van der Waals surface area contributed by atoms with Crippen LogP contribution in [0.3, 0.4) is 0 Å². The van der Waals surface area contributed by atoms with E-state index in [2.05, 4.69) is 10.3 Å². The minimum absolute atomic E-state index is 0.0936. The lowest BCUT2D eigenvalue weighted by atomic mass is 10.2. The van der Waals surface area contributed by atoms with Crippen LogP contribution in [0.4, 0.5) is 13.2 Å². The van der Waals surface area contributed by atoms with E-state index >= 15 is 0 Å². The molecule has 0 unspecified atom stereocenters. The molecule has 0 fully saturated rings. The highest BCUT2D eigenvalue weighted by molar-refractivity contribution is 6.34. The predicted octanol–water partition coefficient (Wildman–Crippen LogP) is 3.58. The molecule has 0 heterocycles. The zero-order chi connectivity index (χ0) is 12.2. The van der Waals surface area contributed by atoms with Crippen LogP contribution >= 0.6 is 23.2 Å². The van der Waals surface area contributed by atoms with Crippen LogP contribution in [0.25, 0.3) is 0 Å². The molecule has 0 aromatic heterocycles. The van der Waals surface area contributed by atoms with Crippen LogP contribution in [0.15, 0.2) is 18.2 Å². The van der Waals surface area contributed by atoms with Crippen LogP contribution in [0.1, 0.15) is 5.56 Å². The smallest absolute Gasteiger partial charge is 0.292 e. The molecule has 0 bridgehead atoms. The predicted molar refractivity (Wildman–Crippen MR) is 55.3 cm³/mol. The molecule has 1 aromatic carbocycles. The zero-order valence-corrected chi connectivity index (χ0v) is 9.46. The Morgan fingerprint density at radius 3 is 2.19 bits per heavy atom. The van der Waals surface area contributed by atoms with Gasteiger partial charge in [0.05, 0.1) is 0 Å². The van der Waals surface area contributed by atoms with Gasteiger partial charge < -0.3 is 0 Å². The van der Waals surface area contributed by atoms with Crippen molar-refractivity contribution in [3.05, 3.63) is 33.8 Å². The Morgan fingerprint density at radius 2 is 1.69 bits per heavy atom. The number of halogens is 5. The zero-order valence-electron chi connectivity index (χ0n) is 7.94. The first-order valence-corrected chi connectivity index (χ1v) is 4.99. The standard InChI is InChI=1S/C9H8Cl2F3NO/c10-7-1-6(2-8(11)3-7)4-15-16-5-9(12,13)14/h1-3,15H,4-5H2. The minimum Gasteiger partial charge on any atom is -0.292 e. The summed E-state index contributed by atoms with van der Waals surface area (Å²) in [6, 6.07) is 4.69. The minimum atomic E-state index is -4.35. The summed E-state index contributed by atoms with van der Waals surface area (Å²) in [6.07, 6.45) is -4.35. The van der Waals surface area contributed by atoms with Gasteiger partial charge in [-0.1, -0.05) is 23.2 Å². The van der Waals surface area contributed by atoms with E-state index in [1.165, 1.54) is 6.07 Å². The van der Waals surface area contributed by atoms with E-state index in [1.54, 1.807) is 12.1 Å². The lowest BCUT2D eigenvalue weighted by Gasteiger charge is -2.08. The second kappa shape index (κ2) is 5.72. The average Bonchev–Trinajstić information content (AvgIpc) is 2.09. The van der Waals surface area contributed by atoms with Crippen molar-refractivity contribution < 1.29 is 18.0 Å². The molecule has 0 amide bonds. The topological polar surface area (TPSA) is 21.3 Å². The van der Waals surface area contributed by atoms with Crippen molar-refractivity contribution in [3.63, 3.8) is 0 Å². The number of hydrogen-bond donors (Lipinski definition) is 1. The Morgan fingerprint density at radius 1 is 1.12 bits per heavy atom. The fourth-order valence-electron chi connectivity index (χ4n) is 0.980.